The Bertz CT molecular complexity index is 2400. The van der Waals surface area contributed by atoms with Crippen LogP contribution >= 0.6 is 0 Å². The molecular formula is C35H20N6O. The zero-order valence-corrected chi connectivity index (χ0v) is 22.1. The summed E-state index contributed by atoms with van der Waals surface area (Å²) in [4.78, 5) is 23.9. The number of hydrogen-bond donors (Lipinski definition) is 0. The number of fused-ring (bicyclic) bond motifs is 8. The van der Waals surface area contributed by atoms with E-state index in [0.29, 0.717) is 17.6 Å². The normalized spacial score (nSPS) is 11.8. The molecule has 0 unspecified atom stereocenters. The van der Waals surface area contributed by atoms with Gasteiger partial charge in [-0.1, -0.05) is 84.9 Å². The third-order valence-corrected chi connectivity index (χ3v) is 7.79. The van der Waals surface area contributed by atoms with Crippen LogP contribution < -0.4 is 0 Å². The van der Waals surface area contributed by atoms with Crippen molar-refractivity contribution in [1.29, 1.82) is 0 Å². The van der Waals surface area contributed by atoms with Gasteiger partial charge in [0, 0.05) is 44.3 Å². The Morgan fingerprint density at radius 2 is 1.29 bits per heavy atom. The largest absolute Gasteiger partial charge is 0.454 e. The average Bonchev–Trinajstić information content (AvgIpc) is 3.60. The molecule has 7 nitrogen and oxygen atoms in total. The van der Waals surface area contributed by atoms with Gasteiger partial charge in [-0.3, -0.25) is 4.57 Å². The lowest BCUT2D eigenvalue weighted by molar-refractivity contribution is 0.670. The minimum atomic E-state index is 0.506. The second-order valence-corrected chi connectivity index (χ2v) is 10.2. The van der Waals surface area contributed by atoms with E-state index in [-0.39, 0.29) is 0 Å². The molecule has 4 aromatic heterocycles. The number of benzene rings is 5. The fourth-order valence-electron chi connectivity index (χ4n) is 5.86. The minimum absolute atomic E-state index is 0.506. The first kappa shape index (κ1) is 22.8. The monoisotopic (exact) mass is 540 g/mol. The summed E-state index contributed by atoms with van der Waals surface area (Å²) < 4.78 is 8.66. The van der Waals surface area contributed by atoms with Gasteiger partial charge >= 0.3 is 0 Å². The molecule has 0 amide bonds. The highest BCUT2D eigenvalue weighted by molar-refractivity contribution is 6.22. The zero-order valence-electron chi connectivity index (χ0n) is 22.1. The third-order valence-electron chi connectivity index (χ3n) is 7.79. The summed E-state index contributed by atoms with van der Waals surface area (Å²) >= 11 is 0. The van der Waals surface area contributed by atoms with Gasteiger partial charge in [-0.2, -0.15) is 9.97 Å². The highest BCUT2D eigenvalue weighted by Gasteiger charge is 2.22. The Hall–Kier alpha value is -5.95. The molecule has 9 aromatic rings. The number of aromatic nitrogens is 6. The lowest BCUT2D eigenvalue weighted by Crippen LogP contribution is -2.06. The van der Waals surface area contributed by atoms with Gasteiger partial charge in [0.1, 0.15) is 17.4 Å². The highest BCUT2D eigenvalue weighted by Crippen LogP contribution is 2.41. The minimum Gasteiger partial charge on any atom is -0.454 e. The van der Waals surface area contributed by atoms with Gasteiger partial charge in [0.25, 0.3) is 0 Å². The molecule has 9 rings (SSSR count). The molecule has 0 saturated carbocycles. The summed E-state index contributed by atoms with van der Waals surface area (Å²) in [6, 6.07) is 36.6. The van der Waals surface area contributed by atoms with Gasteiger partial charge in [-0.25, -0.2) is 15.0 Å². The molecule has 0 aliphatic rings. The molecular weight excluding hydrogens is 520 g/mol. The van der Waals surface area contributed by atoms with Crippen molar-refractivity contribution < 1.29 is 4.42 Å². The van der Waals surface area contributed by atoms with E-state index >= 15 is 0 Å². The predicted molar refractivity (Wildman–Crippen MR) is 165 cm³/mol. The van der Waals surface area contributed by atoms with Gasteiger partial charge in [-0.15, -0.1) is 0 Å². The van der Waals surface area contributed by atoms with E-state index in [9.17, 15) is 0 Å². The van der Waals surface area contributed by atoms with E-state index in [2.05, 4.69) is 44.9 Å². The van der Waals surface area contributed by atoms with Crippen LogP contribution in [0.5, 0.6) is 0 Å². The van der Waals surface area contributed by atoms with E-state index in [1.807, 2.05) is 85.1 Å². The molecule has 0 bridgehead atoms. The molecule has 7 heteroatoms. The first-order valence-electron chi connectivity index (χ1n) is 13.7. The lowest BCUT2D eigenvalue weighted by atomic mass is 10.1. The molecule has 0 radical (unpaired) electrons. The molecule has 0 fully saturated rings. The second-order valence-electron chi connectivity index (χ2n) is 10.2. The fraction of sp³-hybridized carbons (Fsp3) is 0. The molecule has 4 heterocycles. The molecule has 196 valence electrons. The van der Waals surface area contributed by atoms with Gasteiger partial charge in [0.15, 0.2) is 17.2 Å². The average molecular weight is 541 g/mol. The quantitative estimate of drug-likeness (QED) is 0.225. The Balaban J connectivity index is 1.47. The SMILES string of the molecule is c1ccc(-c2nc(-c3ccccc3)nc(-n3c4cc5cncnc5cc4c4ccc5c6ccccc6oc5c43)n2)cc1. The Morgan fingerprint density at radius 1 is 0.595 bits per heavy atom. The molecule has 0 aliphatic carbocycles. The van der Waals surface area contributed by atoms with E-state index < -0.39 is 0 Å². The number of rotatable bonds is 3. The van der Waals surface area contributed by atoms with Gasteiger partial charge in [0.05, 0.1) is 11.0 Å². The van der Waals surface area contributed by atoms with Crippen molar-refractivity contribution >= 4 is 54.6 Å². The Morgan fingerprint density at radius 3 is 2.05 bits per heavy atom. The lowest BCUT2D eigenvalue weighted by Gasteiger charge is -2.11. The third kappa shape index (κ3) is 3.37. The number of nitrogens with zero attached hydrogens (tertiary/aromatic N) is 6. The van der Waals surface area contributed by atoms with Crippen LogP contribution in [0.1, 0.15) is 0 Å². The van der Waals surface area contributed by atoms with Crippen LogP contribution in [-0.4, -0.2) is 29.5 Å². The molecule has 42 heavy (non-hydrogen) atoms. The maximum atomic E-state index is 6.56. The van der Waals surface area contributed by atoms with Crippen LogP contribution in [0.15, 0.2) is 126 Å². The zero-order chi connectivity index (χ0) is 27.6. The summed E-state index contributed by atoms with van der Waals surface area (Å²) in [6.07, 6.45) is 3.41. The highest BCUT2D eigenvalue weighted by atomic mass is 16.3. The van der Waals surface area contributed by atoms with Crippen LogP contribution in [-0.2, 0) is 0 Å². The van der Waals surface area contributed by atoms with Gasteiger partial charge < -0.3 is 4.42 Å². The molecule has 0 atom stereocenters. The van der Waals surface area contributed by atoms with Crippen LogP contribution in [0.3, 0.4) is 0 Å². The van der Waals surface area contributed by atoms with E-state index in [1.54, 1.807) is 6.33 Å². The van der Waals surface area contributed by atoms with Crippen molar-refractivity contribution in [3.8, 4) is 28.7 Å². The van der Waals surface area contributed by atoms with Crippen molar-refractivity contribution in [3.63, 3.8) is 0 Å². The Labute approximate surface area is 238 Å². The number of para-hydroxylation sites is 1. The first-order valence-corrected chi connectivity index (χ1v) is 13.7. The maximum Gasteiger partial charge on any atom is 0.238 e. The molecule has 0 spiro atoms. The fourth-order valence-corrected chi connectivity index (χ4v) is 5.86. The molecule has 5 aromatic carbocycles. The molecule has 0 saturated heterocycles. The summed E-state index contributed by atoms with van der Waals surface area (Å²) in [7, 11) is 0. The summed E-state index contributed by atoms with van der Waals surface area (Å²) in [5.41, 5.74) is 6.13. The van der Waals surface area contributed by atoms with Crippen LogP contribution in [0.25, 0.3) is 83.4 Å². The van der Waals surface area contributed by atoms with Crippen LogP contribution in [0, 0.1) is 0 Å². The van der Waals surface area contributed by atoms with E-state index in [4.69, 9.17) is 19.4 Å². The molecule has 0 aliphatic heterocycles. The maximum absolute atomic E-state index is 6.56. The van der Waals surface area contributed by atoms with Crippen LogP contribution in [0.4, 0.5) is 0 Å². The predicted octanol–water partition coefficient (Wildman–Crippen LogP) is 8.15. The smallest absolute Gasteiger partial charge is 0.238 e. The standard InChI is InChI=1S/C35H20N6O/c1-3-9-21(10-4-1)33-38-34(22-11-5-2-6-12-22)40-35(39-33)41-29-17-23-19-36-20-37-28(23)18-27(29)25-15-16-26-24-13-7-8-14-30(24)42-32(26)31(25)41/h1-20H. The van der Waals surface area contributed by atoms with Crippen molar-refractivity contribution in [2.45, 2.75) is 0 Å². The van der Waals surface area contributed by atoms with Gasteiger partial charge in [-0.05, 0) is 24.3 Å². The molecule has 0 N–H and O–H groups in total. The second kappa shape index (κ2) is 8.78. The van der Waals surface area contributed by atoms with Crippen molar-refractivity contribution in [2.75, 3.05) is 0 Å². The van der Waals surface area contributed by atoms with Crippen LogP contribution in [0.2, 0.25) is 0 Å². The number of hydrogen-bond acceptors (Lipinski definition) is 6. The van der Waals surface area contributed by atoms with Crippen molar-refractivity contribution in [1.82, 2.24) is 29.5 Å². The summed E-state index contributed by atoms with van der Waals surface area (Å²) in [5.74, 6) is 1.69. The van der Waals surface area contributed by atoms with Crippen molar-refractivity contribution in [3.05, 3.63) is 122 Å². The van der Waals surface area contributed by atoms with Gasteiger partial charge in [0.2, 0.25) is 5.95 Å². The summed E-state index contributed by atoms with van der Waals surface area (Å²) in [5, 5.41) is 5.08. The summed E-state index contributed by atoms with van der Waals surface area (Å²) in [6.45, 7) is 0. The first-order chi connectivity index (χ1) is 20.8. The van der Waals surface area contributed by atoms with E-state index in [1.165, 1.54) is 0 Å². The van der Waals surface area contributed by atoms with E-state index in [0.717, 1.165) is 65.8 Å². The Kier molecular flexibility index (Phi) is 4.77. The van der Waals surface area contributed by atoms with Crippen molar-refractivity contribution in [2.24, 2.45) is 0 Å². The topological polar surface area (TPSA) is 82.5 Å². The number of furan rings is 1.